The van der Waals surface area contributed by atoms with Gasteiger partial charge >= 0.3 is 6.09 Å². The molecule has 1 aromatic rings. The van der Waals surface area contributed by atoms with Gasteiger partial charge in [0.2, 0.25) is 0 Å². The molecule has 0 aromatic heterocycles. The van der Waals surface area contributed by atoms with E-state index in [1.807, 2.05) is 58.9 Å². The van der Waals surface area contributed by atoms with Crippen LogP contribution in [-0.4, -0.2) is 17.2 Å². The van der Waals surface area contributed by atoms with E-state index in [-0.39, 0.29) is 0 Å². The number of hydrogen-bond donors (Lipinski definition) is 0. The minimum atomic E-state index is -0.682. The average Bonchev–Trinajstić information content (AvgIpc) is 2.56. The average molecular weight is 288 g/mol. The monoisotopic (exact) mass is 288 g/mol. The first-order valence-electron chi connectivity index (χ1n) is 6.85. The number of fused-ring (bicyclic) bond motifs is 1. The van der Waals surface area contributed by atoms with E-state index in [4.69, 9.17) is 10.3 Å². The van der Waals surface area contributed by atoms with Crippen LogP contribution in [0.5, 0.6) is 0 Å². The molecule has 0 bridgehead atoms. The summed E-state index contributed by atoms with van der Waals surface area (Å²) < 4.78 is 5.49. The summed E-state index contributed by atoms with van der Waals surface area (Å²) in [5.41, 5.74) is 9.12. The molecule has 0 spiro atoms. The summed E-state index contributed by atoms with van der Waals surface area (Å²) >= 11 is 0. The van der Waals surface area contributed by atoms with Crippen LogP contribution >= 0.6 is 0 Å². The van der Waals surface area contributed by atoms with Gasteiger partial charge in [-0.2, -0.15) is 0 Å². The SMILES string of the molecule is CC(C)(C)OC(=O)N1c2ccccc2[C@@H](N=[N+]=[N-])C1(C)C. The van der Waals surface area contributed by atoms with Crippen molar-refractivity contribution in [3.8, 4) is 0 Å². The molecular formula is C15H20N4O2. The Balaban J connectivity index is 2.51. The van der Waals surface area contributed by atoms with E-state index in [2.05, 4.69) is 10.0 Å². The summed E-state index contributed by atoms with van der Waals surface area (Å²) in [5.74, 6) is 0. The highest BCUT2D eigenvalue weighted by atomic mass is 16.6. The summed E-state index contributed by atoms with van der Waals surface area (Å²) in [7, 11) is 0. The zero-order valence-electron chi connectivity index (χ0n) is 13.0. The highest BCUT2D eigenvalue weighted by Gasteiger charge is 2.48. The van der Waals surface area contributed by atoms with E-state index in [1.165, 1.54) is 0 Å². The largest absolute Gasteiger partial charge is 0.443 e. The molecule has 0 unspecified atom stereocenters. The number of rotatable bonds is 1. The highest BCUT2D eigenvalue weighted by Crippen LogP contribution is 2.48. The van der Waals surface area contributed by atoms with Crippen LogP contribution in [-0.2, 0) is 4.74 Å². The standard InChI is InChI=1S/C15H20N4O2/c1-14(2,3)21-13(20)19-11-9-7-6-8-10(11)12(17-18-16)15(19,4)5/h6-9,12H,1-5H3/t12-/m1/s1. The third kappa shape index (κ3) is 2.67. The van der Waals surface area contributed by atoms with Crippen LogP contribution in [0.15, 0.2) is 29.4 Å². The number of carbonyl (C=O) groups excluding carboxylic acids is 1. The van der Waals surface area contributed by atoms with Gasteiger partial charge in [0.15, 0.2) is 0 Å². The van der Waals surface area contributed by atoms with Crippen molar-refractivity contribution in [1.29, 1.82) is 0 Å². The van der Waals surface area contributed by atoms with Gasteiger partial charge in [0.1, 0.15) is 5.60 Å². The Morgan fingerprint density at radius 1 is 1.38 bits per heavy atom. The molecule has 1 atom stereocenters. The molecule has 0 N–H and O–H groups in total. The molecule has 1 aromatic carbocycles. The minimum Gasteiger partial charge on any atom is -0.443 e. The molecule has 1 heterocycles. The number of anilines is 1. The first-order chi connectivity index (χ1) is 9.68. The molecule has 6 nitrogen and oxygen atoms in total. The Morgan fingerprint density at radius 3 is 2.57 bits per heavy atom. The van der Waals surface area contributed by atoms with E-state index in [0.717, 1.165) is 11.3 Å². The third-order valence-electron chi connectivity index (χ3n) is 3.46. The molecular weight excluding hydrogens is 268 g/mol. The fourth-order valence-electron chi connectivity index (χ4n) is 2.63. The van der Waals surface area contributed by atoms with Crippen LogP contribution in [0.1, 0.15) is 46.2 Å². The van der Waals surface area contributed by atoms with Crippen LogP contribution in [0.4, 0.5) is 10.5 Å². The van der Waals surface area contributed by atoms with Gasteiger partial charge < -0.3 is 4.74 Å². The zero-order chi connectivity index (χ0) is 15.8. The molecule has 1 aliphatic heterocycles. The van der Waals surface area contributed by atoms with E-state index >= 15 is 0 Å². The van der Waals surface area contributed by atoms with Crippen molar-refractivity contribution in [3.63, 3.8) is 0 Å². The maximum Gasteiger partial charge on any atom is 0.415 e. The lowest BCUT2D eigenvalue weighted by Crippen LogP contribution is -2.48. The predicted octanol–water partition coefficient (Wildman–Crippen LogP) is 4.57. The van der Waals surface area contributed by atoms with Crippen molar-refractivity contribution < 1.29 is 9.53 Å². The second kappa shape index (κ2) is 4.97. The number of para-hydroxylation sites is 1. The van der Waals surface area contributed by atoms with Gasteiger partial charge in [0.25, 0.3) is 0 Å². The van der Waals surface area contributed by atoms with Gasteiger partial charge in [-0.25, -0.2) is 4.79 Å². The number of carbonyl (C=O) groups is 1. The van der Waals surface area contributed by atoms with Crippen molar-refractivity contribution in [1.82, 2.24) is 0 Å². The van der Waals surface area contributed by atoms with E-state index in [0.29, 0.717) is 0 Å². The van der Waals surface area contributed by atoms with Crippen molar-refractivity contribution >= 4 is 11.8 Å². The molecule has 0 saturated carbocycles. The van der Waals surface area contributed by atoms with Gasteiger partial charge in [0.05, 0.1) is 17.3 Å². The van der Waals surface area contributed by atoms with Gasteiger partial charge in [-0.05, 0) is 51.8 Å². The first kappa shape index (κ1) is 15.2. The molecule has 112 valence electrons. The van der Waals surface area contributed by atoms with Crippen LogP contribution in [0.3, 0.4) is 0 Å². The lowest BCUT2D eigenvalue weighted by Gasteiger charge is -2.35. The van der Waals surface area contributed by atoms with E-state index in [9.17, 15) is 4.79 Å². The topological polar surface area (TPSA) is 78.3 Å². The van der Waals surface area contributed by atoms with Crippen molar-refractivity contribution in [2.24, 2.45) is 5.11 Å². The number of hydrogen-bond acceptors (Lipinski definition) is 3. The number of benzene rings is 1. The van der Waals surface area contributed by atoms with Crippen molar-refractivity contribution in [3.05, 3.63) is 40.3 Å². The summed E-state index contributed by atoms with van der Waals surface area (Å²) in [4.78, 5) is 17.1. The number of azide groups is 1. The minimum absolute atomic E-state index is 0.435. The second-order valence-electron chi connectivity index (χ2n) is 6.64. The quantitative estimate of drug-likeness (QED) is 0.431. The van der Waals surface area contributed by atoms with E-state index in [1.54, 1.807) is 4.90 Å². The Morgan fingerprint density at radius 2 is 2.00 bits per heavy atom. The Hall–Kier alpha value is -2.20. The predicted molar refractivity (Wildman–Crippen MR) is 81.1 cm³/mol. The van der Waals surface area contributed by atoms with Crippen LogP contribution in [0.2, 0.25) is 0 Å². The van der Waals surface area contributed by atoms with Crippen LogP contribution in [0.25, 0.3) is 10.4 Å². The van der Waals surface area contributed by atoms with Gasteiger partial charge in [-0.15, -0.1) is 0 Å². The normalized spacial score (nSPS) is 19.7. The zero-order valence-corrected chi connectivity index (χ0v) is 13.0. The first-order valence-corrected chi connectivity index (χ1v) is 6.85. The molecule has 6 heteroatoms. The lowest BCUT2D eigenvalue weighted by atomic mass is 9.93. The molecule has 1 aliphatic rings. The number of ether oxygens (including phenoxy) is 1. The van der Waals surface area contributed by atoms with Crippen LogP contribution < -0.4 is 4.90 Å². The molecule has 0 aliphatic carbocycles. The second-order valence-corrected chi connectivity index (χ2v) is 6.64. The Labute approximate surface area is 124 Å². The lowest BCUT2D eigenvalue weighted by molar-refractivity contribution is 0.0546. The van der Waals surface area contributed by atoms with Crippen molar-refractivity contribution in [2.45, 2.75) is 51.8 Å². The molecule has 0 fully saturated rings. The molecule has 0 radical (unpaired) electrons. The number of nitrogens with zero attached hydrogens (tertiary/aromatic N) is 4. The summed E-state index contributed by atoms with van der Waals surface area (Å²) in [6.45, 7) is 9.22. The molecule has 2 rings (SSSR count). The summed E-state index contributed by atoms with van der Waals surface area (Å²) in [5, 5.41) is 3.88. The van der Waals surface area contributed by atoms with E-state index < -0.39 is 23.3 Å². The fraction of sp³-hybridized carbons (Fsp3) is 0.533. The molecule has 0 saturated heterocycles. The Bertz CT molecular complexity index is 612. The summed E-state index contributed by atoms with van der Waals surface area (Å²) in [6, 6.07) is 7.00. The van der Waals surface area contributed by atoms with Gasteiger partial charge in [-0.3, -0.25) is 4.90 Å². The number of amides is 1. The molecule has 1 amide bonds. The third-order valence-corrected chi connectivity index (χ3v) is 3.46. The van der Waals surface area contributed by atoms with Crippen molar-refractivity contribution in [2.75, 3.05) is 4.90 Å². The van der Waals surface area contributed by atoms with Gasteiger partial charge in [-0.1, -0.05) is 23.3 Å². The summed E-state index contributed by atoms with van der Waals surface area (Å²) in [6.07, 6.45) is -0.435. The van der Waals surface area contributed by atoms with Gasteiger partial charge in [0, 0.05) is 4.91 Å². The highest BCUT2D eigenvalue weighted by molar-refractivity contribution is 5.93. The molecule has 21 heavy (non-hydrogen) atoms. The maximum absolute atomic E-state index is 12.6. The maximum atomic E-state index is 12.6. The Kier molecular flexibility index (Phi) is 3.59. The smallest absolute Gasteiger partial charge is 0.415 e. The fourth-order valence-corrected chi connectivity index (χ4v) is 2.63. The van der Waals surface area contributed by atoms with Crippen LogP contribution in [0, 0.1) is 0 Å².